The van der Waals surface area contributed by atoms with Gasteiger partial charge < -0.3 is 14.2 Å². The molecule has 5 nitrogen and oxygen atoms in total. The van der Waals surface area contributed by atoms with Crippen molar-refractivity contribution in [2.45, 2.75) is 6.42 Å². The highest BCUT2D eigenvalue weighted by molar-refractivity contribution is 5.76. The molecule has 5 heteroatoms. The molecule has 0 radical (unpaired) electrons. The Kier molecular flexibility index (Phi) is 5.83. The molecule has 1 aromatic rings. The molecule has 20 heavy (non-hydrogen) atoms. The van der Waals surface area contributed by atoms with Gasteiger partial charge in [-0.25, -0.2) is 0 Å². The molecule has 2 rings (SSSR count). The van der Waals surface area contributed by atoms with Crippen LogP contribution in [0.15, 0.2) is 18.2 Å². The molecule has 0 spiro atoms. The number of ether oxygens (including phenoxy) is 3. The quantitative estimate of drug-likeness (QED) is 0.560. The Morgan fingerprint density at radius 3 is 2.80 bits per heavy atom. The predicted octanol–water partition coefficient (Wildman–Crippen LogP) is 1.61. The fraction of sp³-hybridized carbons (Fsp3) is 0.533. The molecule has 0 saturated carbocycles. The number of rotatable bonds is 7. The number of carbonyl (C=O) groups excluding carboxylic acids is 1. The van der Waals surface area contributed by atoms with Crippen LogP contribution in [0.25, 0.3) is 0 Å². The van der Waals surface area contributed by atoms with E-state index in [0.717, 1.165) is 45.6 Å². The van der Waals surface area contributed by atoms with Gasteiger partial charge in [-0.15, -0.1) is 0 Å². The predicted molar refractivity (Wildman–Crippen MR) is 75.8 cm³/mol. The number of hydrogen-bond acceptors (Lipinski definition) is 5. The van der Waals surface area contributed by atoms with Crippen LogP contribution in [0.4, 0.5) is 0 Å². The number of nitrogens with zero attached hydrogens (tertiary/aromatic N) is 1. The normalized spacial score (nSPS) is 15.8. The van der Waals surface area contributed by atoms with Gasteiger partial charge in [0.2, 0.25) is 0 Å². The molecule has 0 aromatic heterocycles. The first-order chi connectivity index (χ1) is 9.83. The third kappa shape index (κ3) is 4.21. The summed E-state index contributed by atoms with van der Waals surface area (Å²) in [4.78, 5) is 13.1. The van der Waals surface area contributed by atoms with E-state index in [4.69, 9.17) is 14.2 Å². The van der Waals surface area contributed by atoms with Gasteiger partial charge in [-0.3, -0.25) is 9.69 Å². The highest BCUT2D eigenvalue weighted by atomic mass is 16.5. The number of benzene rings is 1. The van der Waals surface area contributed by atoms with Crippen LogP contribution in [0.5, 0.6) is 11.5 Å². The second-order valence-electron chi connectivity index (χ2n) is 4.68. The number of hydrogen-bond donors (Lipinski definition) is 0. The van der Waals surface area contributed by atoms with Crippen molar-refractivity contribution in [1.29, 1.82) is 0 Å². The summed E-state index contributed by atoms with van der Waals surface area (Å²) < 4.78 is 16.3. The van der Waals surface area contributed by atoms with E-state index in [0.29, 0.717) is 23.7 Å². The zero-order valence-corrected chi connectivity index (χ0v) is 11.8. The zero-order chi connectivity index (χ0) is 14.2. The van der Waals surface area contributed by atoms with Gasteiger partial charge in [0, 0.05) is 25.2 Å². The van der Waals surface area contributed by atoms with Crippen molar-refractivity contribution in [1.82, 2.24) is 4.90 Å². The van der Waals surface area contributed by atoms with Crippen molar-refractivity contribution >= 4 is 6.29 Å². The van der Waals surface area contributed by atoms with Gasteiger partial charge in [-0.05, 0) is 24.6 Å². The molecule has 110 valence electrons. The van der Waals surface area contributed by atoms with Gasteiger partial charge in [0.1, 0.15) is 6.29 Å². The lowest BCUT2D eigenvalue weighted by Gasteiger charge is -2.26. The first kappa shape index (κ1) is 14.8. The van der Waals surface area contributed by atoms with Gasteiger partial charge in [-0.1, -0.05) is 0 Å². The molecule has 0 unspecified atom stereocenters. The molecule has 0 bridgehead atoms. The molecule has 1 fully saturated rings. The lowest BCUT2D eigenvalue weighted by molar-refractivity contribution is 0.0357. The average molecular weight is 279 g/mol. The lowest BCUT2D eigenvalue weighted by atomic mass is 10.2. The van der Waals surface area contributed by atoms with Gasteiger partial charge in [0.25, 0.3) is 0 Å². The van der Waals surface area contributed by atoms with E-state index in [2.05, 4.69) is 4.90 Å². The first-order valence-electron chi connectivity index (χ1n) is 6.89. The second-order valence-corrected chi connectivity index (χ2v) is 4.68. The summed E-state index contributed by atoms with van der Waals surface area (Å²) in [5.41, 5.74) is 0.592. The van der Waals surface area contributed by atoms with Crippen molar-refractivity contribution in [3.05, 3.63) is 23.8 Å². The summed E-state index contributed by atoms with van der Waals surface area (Å²) in [6.45, 7) is 5.22. The summed E-state index contributed by atoms with van der Waals surface area (Å²) in [5.74, 6) is 1.28. The number of aldehydes is 1. The molecular weight excluding hydrogens is 258 g/mol. The maximum absolute atomic E-state index is 10.8. The Morgan fingerprint density at radius 2 is 2.10 bits per heavy atom. The maximum Gasteiger partial charge on any atom is 0.161 e. The minimum absolute atomic E-state index is 0.592. The Labute approximate surface area is 119 Å². The molecule has 0 atom stereocenters. The smallest absolute Gasteiger partial charge is 0.161 e. The average Bonchev–Trinajstić information content (AvgIpc) is 2.52. The monoisotopic (exact) mass is 279 g/mol. The second kappa shape index (κ2) is 7.87. The molecular formula is C15H21NO4. The van der Waals surface area contributed by atoms with Crippen LogP contribution < -0.4 is 9.47 Å². The summed E-state index contributed by atoms with van der Waals surface area (Å²) in [6.07, 6.45) is 1.74. The Morgan fingerprint density at radius 1 is 1.30 bits per heavy atom. The van der Waals surface area contributed by atoms with Crippen LogP contribution in [0.1, 0.15) is 16.8 Å². The van der Waals surface area contributed by atoms with Crippen molar-refractivity contribution < 1.29 is 19.0 Å². The minimum Gasteiger partial charge on any atom is -0.493 e. The minimum atomic E-state index is 0.592. The maximum atomic E-state index is 10.8. The van der Waals surface area contributed by atoms with Crippen LogP contribution in [-0.2, 0) is 4.74 Å². The summed E-state index contributed by atoms with van der Waals surface area (Å²) in [5, 5.41) is 0. The number of morpholine rings is 1. The molecule has 0 amide bonds. The topological polar surface area (TPSA) is 48.0 Å². The molecule has 1 aliphatic rings. The van der Waals surface area contributed by atoms with Crippen molar-refractivity contribution in [2.24, 2.45) is 0 Å². The van der Waals surface area contributed by atoms with Crippen LogP contribution in [0.3, 0.4) is 0 Å². The van der Waals surface area contributed by atoms with E-state index >= 15 is 0 Å². The van der Waals surface area contributed by atoms with E-state index in [1.54, 1.807) is 25.3 Å². The van der Waals surface area contributed by atoms with Crippen LogP contribution in [0, 0.1) is 0 Å². The Balaban J connectivity index is 1.79. The number of methoxy groups -OCH3 is 1. The molecule has 0 aliphatic carbocycles. The van der Waals surface area contributed by atoms with Crippen LogP contribution in [0.2, 0.25) is 0 Å². The van der Waals surface area contributed by atoms with Crippen molar-refractivity contribution in [2.75, 3.05) is 46.6 Å². The van der Waals surface area contributed by atoms with E-state index in [-0.39, 0.29) is 0 Å². The van der Waals surface area contributed by atoms with E-state index < -0.39 is 0 Å². The Hall–Kier alpha value is -1.59. The highest BCUT2D eigenvalue weighted by Gasteiger charge is 2.10. The lowest BCUT2D eigenvalue weighted by Crippen LogP contribution is -2.37. The Bertz CT molecular complexity index is 430. The third-order valence-corrected chi connectivity index (χ3v) is 3.30. The molecule has 1 aromatic carbocycles. The molecule has 1 aliphatic heterocycles. The standard InChI is InChI=1S/C15H21NO4/c1-18-14-4-3-13(12-17)11-15(14)20-8-2-5-16-6-9-19-10-7-16/h3-4,11-12H,2,5-10H2,1H3. The fourth-order valence-corrected chi connectivity index (χ4v) is 2.17. The summed E-state index contributed by atoms with van der Waals surface area (Å²) >= 11 is 0. The van der Waals surface area contributed by atoms with Crippen molar-refractivity contribution in [3.8, 4) is 11.5 Å². The summed E-state index contributed by atoms with van der Waals surface area (Å²) in [6, 6.07) is 5.17. The van der Waals surface area contributed by atoms with E-state index in [1.807, 2.05) is 0 Å². The van der Waals surface area contributed by atoms with Crippen LogP contribution >= 0.6 is 0 Å². The molecule has 1 heterocycles. The largest absolute Gasteiger partial charge is 0.493 e. The summed E-state index contributed by atoms with van der Waals surface area (Å²) in [7, 11) is 1.59. The third-order valence-electron chi connectivity index (χ3n) is 3.30. The zero-order valence-electron chi connectivity index (χ0n) is 11.8. The SMILES string of the molecule is COc1ccc(C=O)cc1OCCCN1CCOCC1. The molecule has 1 saturated heterocycles. The van der Waals surface area contributed by atoms with E-state index in [1.165, 1.54) is 0 Å². The highest BCUT2D eigenvalue weighted by Crippen LogP contribution is 2.27. The molecule has 0 N–H and O–H groups in total. The first-order valence-corrected chi connectivity index (χ1v) is 6.89. The van der Waals surface area contributed by atoms with Crippen LogP contribution in [-0.4, -0.2) is 57.8 Å². The van der Waals surface area contributed by atoms with Gasteiger partial charge in [0.05, 0.1) is 26.9 Å². The van der Waals surface area contributed by atoms with Gasteiger partial charge in [0.15, 0.2) is 11.5 Å². The van der Waals surface area contributed by atoms with Gasteiger partial charge in [-0.2, -0.15) is 0 Å². The number of carbonyl (C=O) groups is 1. The fourth-order valence-electron chi connectivity index (χ4n) is 2.17. The van der Waals surface area contributed by atoms with Crippen molar-refractivity contribution in [3.63, 3.8) is 0 Å². The van der Waals surface area contributed by atoms with E-state index in [9.17, 15) is 4.79 Å². The van der Waals surface area contributed by atoms with Gasteiger partial charge >= 0.3 is 0 Å².